The van der Waals surface area contributed by atoms with Crippen molar-refractivity contribution in [3.8, 4) is 11.3 Å². The molecule has 1 N–H and O–H groups in total. The SMILES string of the molecule is OCC1CC(n2cc(-c3ccccn3)c(C3CC3)n2)C1. The number of aliphatic hydroxyl groups excluding tert-OH is 1. The predicted molar refractivity (Wildman–Crippen MR) is 76.3 cm³/mol. The quantitative estimate of drug-likeness (QED) is 0.928. The minimum atomic E-state index is 0.306. The maximum absolute atomic E-state index is 9.15. The van der Waals surface area contributed by atoms with Crippen LogP contribution >= 0.6 is 0 Å². The molecule has 4 rings (SSSR count). The van der Waals surface area contributed by atoms with Gasteiger partial charge in [-0.3, -0.25) is 9.67 Å². The van der Waals surface area contributed by atoms with Gasteiger partial charge in [-0.2, -0.15) is 5.10 Å². The molecule has 0 saturated heterocycles. The summed E-state index contributed by atoms with van der Waals surface area (Å²) in [7, 11) is 0. The Balaban J connectivity index is 1.66. The van der Waals surface area contributed by atoms with Crippen LogP contribution in [-0.4, -0.2) is 26.5 Å². The van der Waals surface area contributed by atoms with Crippen LogP contribution < -0.4 is 0 Å². The standard InChI is InChI=1S/C16H19N3O/c20-10-11-7-13(8-11)19-9-14(15-3-1-2-6-17-15)16(18-19)12-4-5-12/h1-3,6,9,11-13,20H,4-5,7-8,10H2. The number of hydrogen-bond donors (Lipinski definition) is 1. The molecule has 104 valence electrons. The third-order valence-electron chi connectivity index (χ3n) is 4.51. The molecule has 0 unspecified atom stereocenters. The first-order valence-corrected chi connectivity index (χ1v) is 7.46. The maximum Gasteiger partial charge on any atom is 0.0749 e. The van der Waals surface area contributed by atoms with Crippen molar-refractivity contribution < 1.29 is 5.11 Å². The molecule has 0 radical (unpaired) electrons. The van der Waals surface area contributed by atoms with Gasteiger partial charge in [0.1, 0.15) is 0 Å². The summed E-state index contributed by atoms with van der Waals surface area (Å²) in [6.07, 6.45) is 8.60. The van der Waals surface area contributed by atoms with Gasteiger partial charge in [0.05, 0.1) is 17.4 Å². The zero-order valence-electron chi connectivity index (χ0n) is 11.4. The summed E-state index contributed by atoms with van der Waals surface area (Å²) < 4.78 is 2.11. The summed E-state index contributed by atoms with van der Waals surface area (Å²) in [4.78, 5) is 4.47. The van der Waals surface area contributed by atoms with E-state index in [9.17, 15) is 0 Å². The summed E-state index contributed by atoms with van der Waals surface area (Å²) in [5.41, 5.74) is 3.44. The summed E-state index contributed by atoms with van der Waals surface area (Å²) in [6.45, 7) is 0.306. The van der Waals surface area contributed by atoms with E-state index in [1.165, 1.54) is 24.1 Å². The fourth-order valence-corrected chi connectivity index (χ4v) is 3.04. The van der Waals surface area contributed by atoms with Crippen molar-refractivity contribution in [2.75, 3.05) is 6.61 Å². The highest BCUT2D eigenvalue weighted by Crippen LogP contribution is 2.45. The molecule has 0 atom stereocenters. The lowest BCUT2D eigenvalue weighted by Crippen LogP contribution is -2.29. The molecule has 2 aromatic heterocycles. The monoisotopic (exact) mass is 269 g/mol. The highest BCUT2D eigenvalue weighted by molar-refractivity contribution is 5.62. The molecule has 2 saturated carbocycles. The molecule has 4 heteroatoms. The normalized spacial score (nSPS) is 25.4. The van der Waals surface area contributed by atoms with E-state index in [-0.39, 0.29) is 0 Å². The fraction of sp³-hybridized carbons (Fsp3) is 0.500. The Morgan fingerprint density at radius 3 is 2.75 bits per heavy atom. The Labute approximate surface area is 118 Å². The minimum absolute atomic E-state index is 0.306. The van der Waals surface area contributed by atoms with Crippen molar-refractivity contribution in [2.45, 2.75) is 37.6 Å². The van der Waals surface area contributed by atoms with Gasteiger partial charge in [0.25, 0.3) is 0 Å². The highest BCUT2D eigenvalue weighted by atomic mass is 16.3. The molecule has 0 bridgehead atoms. The van der Waals surface area contributed by atoms with Crippen LogP contribution in [0.15, 0.2) is 30.6 Å². The third-order valence-corrected chi connectivity index (χ3v) is 4.51. The maximum atomic E-state index is 9.15. The molecule has 0 aromatic carbocycles. The number of rotatable bonds is 4. The average molecular weight is 269 g/mol. The first-order valence-electron chi connectivity index (χ1n) is 7.46. The Hall–Kier alpha value is -1.68. The summed E-state index contributed by atoms with van der Waals surface area (Å²) in [6, 6.07) is 6.50. The molecule has 0 spiro atoms. The zero-order chi connectivity index (χ0) is 13.5. The Morgan fingerprint density at radius 2 is 2.10 bits per heavy atom. The van der Waals surface area contributed by atoms with Gasteiger partial charge >= 0.3 is 0 Å². The molecule has 20 heavy (non-hydrogen) atoms. The molecule has 2 fully saturated rings. The van der Waals surface area contributed by atoms with Crippen LogP contribution in [0.3, 0.4) is 0 Å². The first kappa shape index (κ1) is 12.1. The Bertz CT molecular complexity index is 597. The van der Waals surface area contributed by atoms with E-state index in [0.717, 1.165) is 18.5 Å². The van der Waals surface area contributed by atoms with Crippen LogP contribution in [0.1, 0.15) is 43.3 Å². The predicted octanol–water partition coefficient (Wildman–Crippen LogP) is 2.77. The van der Waals surface area contributed by atoms with Gasteiger partial charge < -0.3 is 5.11 Å². The molecule has 0 aliphatic heterocycles. The lowest BCUT2D eigenvalue weighted by Gasteiger charge is -2.34. The first-order chi connectivity index (χ1) is 9.85. The van der Waals surface area contributed by atoms with Crippen LogP contribution in [0.2, 0.25) is 0 Å². The van der Waals surface area contributed by atoms with Gasteiger partial charge in [0.15, 0.2) is 0 Å². The lowest BCUT2D eigenvalue weighted by molar-refractivity contribution is 0.105. The smallest absolute Gasteiger partial charge is 0.0749 e. The molecule has 2 heterocycles. The topological polar surface area (TPSA) is 50.9 Å². The summed E-state index contributed by atoms with van der Waals surface area (Å²) >= 11 is 0. The van der Waals surface area contributed by atoms with Crippen LogP contribution in [0.5, 0.6) is 0 Å². The minimum Gasteiger partial charge on any atom is -0.396 e. The molecular weight excluding hydrogens is 250 g/mol. The molecule has 2 aromatic rings. The number of hydrogen-bond acceptors (Lipinski definition) is 3. The van der Waals surface area contributed by atoms with E-state index < -0.39 is 0 Å². The van der Waals surface area contributed by atoms with Crippen molar-refractivity contribution in [3.63, 3.8) is 0 Å². The number of nitrogens with zero attached hydrogens (tertiary/aromatic N) is 3. The molecule has 4 nitrogen and oxygen atoms in total. The molecular formula is C16H19N3O. The molecule has 2 aliphatic carbocycles. The van der Waals surface area contributed by atoms with Gasteiger partial charge in [-0.05, 0) is 43.7 Å². The van der Waals surface area contributed by atoms with E-state index in [2.05, 4.69) is 21.9 Å². The van der Waals surface area contributed by atoms with Crippen LogP contribution in [0.4, 0.5) is 0 Å². The zero-order valence-corrected chi connectivity index (χ0v) is 11.4. The van der Waals surface area contributed by atoms with E-state index in [0.29, 0.717) is 24.5 Å². The fourth-order valence-electron chi connectivity index (χ4n) is 3.04. The van der Waals surface area contributed by atoms with Crippen molar-refractivity contribution in [1.82, 2.24) is 14.8 Å². The highest BCUT2D eigenvalue weighted by Gasteiger charge is 2.34. The van der Waals surface area contributed by atoms with E-state index in [1.807, 2.05) is 18.3 Å². The Morgan fingerprint density at radius 1 is 1.25 bits per heavy atom. The van der Waals surface area contributed by atoms with Crippen molar-refractivity contribution >= 4 is 0 Å². The van der Waals surface area contributed by atoms with Gasteiger partial charge in [-0.25, -0.2) is 0 Å². The van der Waals surface area contributed by atoms with Gasteiger partial charge in [-0.15, -0.1) is 0 Å². The second kappa shape index (κ2) is 4.70. The van der Waals surface area contributed by atoms with Crippen molar-refractivity contribution in [1.29, 1.82) is 0 Å². The number of pyridine rings is 1. The third kappa shape index (κ3) is 2.04. The average Bonchev–Trinajstić information content (AvgIpc) is 3.19. The Kier molecular flexibility index (Phi) is 2.84. The van der Waals surface area contributed by atoms with E-state index in [4.69, 9.17) is 10.2 Å². The van der Waals surface area contributed by atoms with Gasteiger partial charge in [0.2, 0.25) is 0 Å². The summed E-state index contributed by atoms with van der Waals surface area (Å²) in [5.74, 6) is 1.09. The van der Waals surface area contributed by atoms with E-state index >= 15 is 0 Å². The van der Waals surface area contributed by atoms with E-state index in [1.54, 1.807) is 0 Å². The largest absolute Gasteiger partial charge is 0.396 e. The van der Waals surface area contributed by atoms with Crippen molar-refractivity contribution in [2.24, 2.45) is 5.92 Å². The van der Waals surface area contributed by atoms with Crippen molar-refractivity contribution in [3.05, 3.63) is 36.3 Å². The number of aromatic nitrogens is 3. The molecule has 2 aliphatic rings. The summed E-state index contributed by atoms with van der Waals surface area (Å²) in [5, 5.41) is 14.0. The second-order valence-corrected chi connectivity index (χ2v) is 6.07. The van der Waals surface area contributed by atoms with Gasteiger partial charge in [-0.1, -0.05) is 6.07 Å². The van der Waals surface area contributed by atoms with Gasteiger partial charge in [0, 0.05) is 30.5 Å². The number of aliphatic hydroxyl groups is 1. The van der Waals surface area contributed by atoms with Crippen LogP contribution in [-0.2, 0) is 0 Å². The second-order valence-electron chi connectivity index (χ2n) is 6.07. The van der Waals surface area contributed by atoms with Crippen LogP contribution in [0.25, 0.3) is 11.3 Å². The lowest BCUT2D eigenvalue weighted by atomic mass is 9.81. The molecule has 0 amide bonds. The van der Waals surface area contributed by atoms with Crippen LogP contribution in [0, 0.1) is 5.92 Å².